The number of fused-ring (bicyclic) bond motifs is 1. The summed E-state index contributed by atoms with van der Waals surface area (Å²) in [5.41, 5.74) is 2.50. The standard InChI is InChI=1S/C14H11FN2O/c1-18-12-5-2-10(3-6-12)13-9-17-8-11(15)4-7-14(17)16-13/h2-9H,1H3. The third-order valence-corrected chi connectivity index (χ3v) is 2.80. The molecule has 0 amide bonds. The van der Waals surface area contributed by atoms with Gasteiger partial charge in [0.15, 0.2) is 0 Å². The molecule has 3 aromatic rings. The summed E-state index contributed by atoms with van der Waals surface area (Å²) >= 11 is 0. The summed E-state index contributed by atoms with van der Waals surface area (Å²) in [5.74, 6) is 0.523. The van der Waals surface area contributed by atoms with E-state index in [4.69, 9.17) is 4.74 Å². The van der Waals surface area contributed by atoms with E-state index in [9.17, 15) is 4.39 Å². The Kier molecular flexibility index (Phi) is 2.48. The first kappa shape index (κ1) is 10.8. The number of pyridine rings is 1. The number of methoxy groups -OCH3 is 1. The van der Waals surface area contributed by atoms with Crippen LogP contribution in [0.25, 0.3) is 16.9 Å². The number of benzene rings is 1. The van der Waals surface area contributed by atoms with Crippen LogP contribution in [0.2, 0.25) is 0 Å². The van der Waals surface area contributed by atoms with Gasteiger partial charge in [-0.1, -0.05) is 0 Å². The Morgan fingerprint density at radius 3 is 2.56 bits per heavy atom. The molecule has 0 aliphatic carbocycles. The van der Waals surface area contributed by atoms with Crippen molar-refractivity contribution >= 4 is 5.65 Å². The molecule has 0 saturated heterocycles. The van der Waals surface area contributed by atoms with Gasteiger partial charge in [0.1, 0.15) is 17.2 Å². The van der Waals surface area contributed by atoms with Crippen LogP contribution in [0.1, 0.15) is 0 Å². The zero-order chi connectivity index (χ0) is 12.5. The molecule has 2 heterocycles. The van der Waals surface area contributed by atoms with Crippen molar-refractivity contribution in [3.05, 3.63) is 54.6 Å². The van der Waals surface area contributed by atoms with Crippen molar-refractivity contribution in [3.63, 3.8) is 0 Å². The second-order valence-electron chi connectivity index (χ2n) is 3.97. The fourth-order valence-corrected chi connectivity index (χ4v) is 1.87. The minimum absolute atomic E-state index is 0.277. The minimum Gasteiger partial charge on any atom is -0.497 e. The van der Waals surface area contributed by atoms with E-state index in [1.165, 1.54) is 12.3 Å². The Balaban J connectivity index is 2.07. The summed E-state index contributed by atoms with van der Waals surface area (Å²) in [6.07, 6.45) is 3.22. The molecular formula is C14H11FN2O. The van der Waals surface area contributed by atoms with Gasteiger partial charge in [-0.15, -0.1) is 0 Å². The largest absolute Gasteiger partial charge is 0.497 e. The number of nitrogens with zero attached hydrogens (tertiary/aromatic N) is 2. The zero-order valence-corrected chi connectivity index (χ0v) is 9.80. The lowest BCUT2D eigenvalue weighted by Gasteiger charge is -1.99. The lowest BCUT2D eigenvalue weighted by atomic mass is 10.2. The Bertz CT molecular complexity index is 689. The molecule has 4 heteroatoms. The van der Waals surface area contributed by atoms with Gasteiger partial charge in [-0.3, -0.25) is 0 Å². The van der Waals surface area contributed by atoms with Crippen molar-refractivity contribution in [3.8, 4) is 17.0 Å². The van der Waals surface area contributed by atoms with Crippen LogP contribution in [0.15, 0.2) is 48.8 Å². The van der Waals surface area contributed by atoms with Crippen LogP contribution in [0, 0.1) is 5.82 Å². The van der Waals surface area contributed by atoms with Crippen LogP contribution >= 0.6 is 0 Å². The molecule has 0 radical (unpaired) electrons. The van der Waals surface area contributed by atoms with Gasteiger partial charge in [-0.25, -0.2) is 9.37 Å². The van der Waals surface area contributed by atoms with Crippen molar-refractivity contribution in [1.82, 2.24) is 9.38 Å². The molecule has 0 aliphatic rings. The molecule has 90 valence electrons. The van der Waals surface area contributed by atoms with Gasteiger partial charge in [0.2, 0.25) is 0 Å². The highest BCUT2D eigenvalue weighted by atomic mass is 19.1. The lowest BCUT2D eigenvalue weighted by Crippen LogP contribution is -1.83. The van der Waals surface area contributed by atoms with Crippen LogP contribution in [0.3, 0.4) is 0 Å². The number of ether oxygens (including phenoxy) is 1. The summed E-state index contributed by atoms with van der Waals surface area (Å²) in [5, 5.41) is 0. The first-order valence-electron chi connectivity index (χ1n) is 5.55. The maximum absolute atomic E-state index is 13.1. The van der Waals surface area contributed by atoms with Gasteiger partial charge < -0.3 is 9.14 Å². The van der Waals surface area contributed by atoms with Crippen molar-refractivity contribution in [2.45, 2.75) is 0 Å². The molecule has 2 aromatic heterocycles. The van der Waals surface area contributed by atoms with Crippen LogP contribution in [0.5, 0.6) is 5.75 Å². The molecule has 18 heavy (non-hydrogen) atoms. The predicted molar refractivity (Wildman–Crippen MR) is 67.1 cm³/mol. The second-order valence-corrected chi connectivity index (χ2v) is 3.97. The Morgan fingerprint density at radius 1 is 1.06 bits per heavy atom. The SMILES string of the molecule is COc1ccc(-c2cn3cc(F)ccc3n2)cc1. The van der Waals surface area contributed by atoms with E-state index in [1.54, 1.807) is 23.8 Å². The third kappa shape index (κ3) is 1.82. The van der Waals surface area contributed by atoms with Crippen molar-refractivity contribution in [2.24, 2.45) is 0 Å². The van der Waals surface area contributed by atoms with E-state index in [0.29, 0.717) is 0 Å². The van der Waals surface area contributed by atoms with E-state index in [1.807, 2.05) is 24.3 Å². The van der Waals surface area contributed by atoms with Crippen molar-refractivity contribution in [1.29, 1.82) is 0 Å². The van der Waals surface area contributed by atoms with Gasteiger partial charge in [0.05, 0.1) is 12.8 Å². The number of hydrogen-bond acceptors (Lipinski definition) is 2. The number of hydrogen-bond donors (Lipinski definition) is 0. The maximum atomic E-state index is 13.1. The van der Waals surface area contributed by atoms with E-state index in [2.05, 4.69) is 4.98 Å². The molecule has 0 unspecified atom stereocenters. The second kappa shape index (κ2) is 4.14. The summed E-state index contributed by atoms with van der Waals surface area (Å²) in [6, 6.07) is 10.7. The van der Waals surface area contributed by atoms with E-state index in [0.717, 1.165) is 22.7 Å². The molecule has 1 aromatic carbocycles. The molecule has 0 aliphatic heterocycles. The third-order valence-electron chi connectivity index (χ3n) is 2.80. The van der Waals surface area contributed by atoms with Gasteiger partial charge in [0.25, 0.3) is 0 Å². The minimum atomic E-state index is -0.277. The molecule has 3 nitrogen and oxygen atoms in total. The van der Waals surface area contributed by atoms with E-state index >= 15 is 0 Å². The molecule has 0 saturated carbocycles. The molecule has 0 N–H and O–H groups in total. The highest BCUT2D eigenvalue weighted by Crippen LogP contribution is 2.22. The summed E-state index contributed by atoms with van der Waals surface area (Å²) in [6.45, 7) is 0. The van der Waals surface area contributed by atoms with Crippen LogP contribution in [-0.4, -0.2) is 16.5 Å². The van der Waals surface area contributed by atoms with Gasteiger partial charge in [0, 0.05) is 18.0 Å². The molecule has 0 fully saturated rings. The average molecular weight is 242 g/mol. The Morgan fingerprint density at radius 2 is 1.83 bits per heavy atom. The first-order chi connectivity index (χ1) is 8.76. The molecule has 3 rings (SSSR count). The zero-order valence-electron chi connectivity index (χ0n) is 9.80. The molecule has 0 atom stereocenters. The molecule has 0 bridgehead atoms. The number of imidazole rings is 1. The Labute approximate surface area is 103 Å². The van der Waals surface area contributed by atoms with Crippen LogP contribution in [-0.2, 0) is 0 Å². The summed E-state index contributed by atoms with van der Waals surface area (Å²) in [4.78, 5) is 4.44. The molecular weight excluding hydrogens is 231 g/mol. The first-order valence-corrected chi connectivity index (χ1v) is 5.55. The average Bonchev–Trinajstić information content (AvgIpc) is 2.81. The van der Waals surface area contributed by atoms with Crippen molar-refractivity contribution < 1.29 is 9.13 Å². The smallest absolute Gasteiger partial charge is 0.139 e. The fourth-order valence-electron chi connectivity index (χ4n) is 1.87. The summed E-state index contributed by atoms with van der Waals surface area (Å²) < 4.78 is 19.9. The van der Waals surface area contributed by atoms with Gasteiger partial charge >= 0.3 is 0 Å². The van der Waals surface area contributed by atoms with E-state index < -0.39 is 0 Å². The maximum Gasteiger partial charge on any atom is 0.139 e. The highest BCUT2D eigenvalue weighted by Gasteiger charge is 2.05. The number of aromatic nitrogens is 2. The normalized spacial score (nSPS) is 10.8. The van der Waals surface area contributed by atoms with Crippen LogP contribution < -0.4 is 4.74 Å². The monoisotopic (exact) mass is 242 g/mol. The van der Waals surface area contributed by atoms with E-state index in [-0.39, 0.29) is 5.82 Å². The Hall–Kier alpha value is -2.36. The lowest BCUT2D eigenvalue weighted by molar-refractivity contribution is 0.415. The topological polar surface area (TPSA) is 26.5 Å². The number of rotatable bonds is 2. The van der Waals surface area contributed by atoms with Gasteiger partial charge in [-0.2, -0.15) is 0 Å². The van der Waals surface area contributed by atoms with Gasteiger partial charge in [-0.05, 0) is 36.4 Å². The fraction of sp³-hybridized carbons (Fsp3) is 0.0714. The number of halogens is 1. The van der Waals surface area contributed by atoms with Crippen molar-refractivity contribution in [2.75, 3.05) is 7.11 Å². The quantitative estimate of drug-likeness (QED) is 0.690. The van der Waals surface area contributed by atoms with Crippen LogP contribution in [0.4, 0.5) is 4.39 Å². The highest BCUT2D eigenvalue weighted by molar-refractivity contribution is 5.63. The summed E-state index contributed by atoms with van der Waals surface area (Å²) in [7, 11) is 1.63. The molecule has 0 spiro atoms. The predicted octanol–water partition coefficient (Wildman–Crippen LogP) is 3.15.